The zero-order valence-electron chi connectivity index (χ0n) is 14.7. The summed E-state index contributed by atoms with van der Waals surface area (Å²) in [5, 5.41) is 17.6. The summed E-state index contributed by atoms with van der Waals surface area (Å²) in [6.45, 7) is 1.60. The third-order valence-corrected chi connectivity index (χ3v) is 3.99. The second-order valence-electron chi connectivity index (χ2n) is 5.83. The van der Waals surface area contributed by atoms with Gasteiger partial charge in [-0.25, -0.2) is 4.52 Å². The maximum atomic E-state index is 13.0. The molecule has 3 aromatic rings. The fraction of sp³-hybridized carbons (Fsp3) is 0.188. The number of nitrogens with zero attached hydrogens (tertiary/aromatic N) is 3. The van der Waals surface area contributed by atoms with Crippen LogP contribution in [0.4, 0.5) is 24.7 Å². The predicted octanol–water partition coefficient (Wildman–Crippen LogP) is -0.476. The number of alkyl halides is 3. The summed E-state index contributed by atoms with van der Waals surface area (Å²) >= 11 is 5.84. The van der Waals surface area contributed by atoms with E-state index in [4.69, 9.17) is 17.3 Å². The Balaban J connectivity index is 0.00000280. The summed E-state index contributed by atoms with van der Waals surface area (Å²) in [5.74, 6) is -1.27. The van der Waals surface area contributed by atoms with Crippen LogP contribution in [0.2, 0.25) is 5.28 Å². The third kappa shape index (κ3) is 4.52. The Bertz CT molecular complexity index is 1040. The van der Waals surface area contributed by atoms with E-state index in [0.717, 1.165) is 12.1 Å². The van der Waals surface area contributed by atoms with Crippen LogP contribution in [0.15, 0.2) is 30.5 Å². The molecule has 0 aliphatic rings. The first kappa shape index (κ1) is 21.9. The molecule has 0 bridgehead atoms. The number of halogens is 4. The van der Waals surface area contributed by atoms with E-state index in [2.05, 4.69) is 15.4 Å². The van der Waals surface area contributed by atoms with Crippen LogP contribution >= 0.6 is 11.6 Å². The molecule has 28 heavy (non-hydrogen) atoms. The third-order valence-electron chi connectivity index (χ3n) is 3.83. The Hall–Kier alpha value is -2.41. The van der Waals surface area contributed by atoms with Gasteiger partial charge >= 0.3 is 25.0 Å². The van der Waals surface area contributed by atoms with Crippen LogP contribution < -0.4 is 35.0 Å². The number of hydrogen-bond acceptors (Lipinski definition) is 6. The van der Waals surface area contributed by atoms with Crippen LogP contribution in [0.5, 0.6) is 0 Å². The number of anilines is 2. The average molecular weight is 406 g/mol. The van der Waals surface area contributed by atoms with E-state index in [9.17, 15) is 23.1 Å². The minimum atomic E-state index is -4.54. The Morgan fingerprint density at radius 3 is 2.61 bits per heavy atom. The Kier molecular flexibility index (Phi) is 6.18. The fourth-order valence-corrected chi connectivity index (χ4v) is 2.73. The van der Waals surface area contributed by atoms with Crippen molar-refractivity contribution in [1.29, 1.82) is 0 Å². The first-order valence-electron chi connectivity index (χ1n) is 7.56. The number of aromatic nitrogens is 3. The summed E-state index contributed by atoms with van der Waals surface area (Å²) in [5.41, 5.74) is 5.06. The van der Waals surface area contributed by atoms with Gasteiger partial charge in [0.1, 0.15) is 5.52 Å². The van der Waals surface area contributed by atoms with Crippen LogP contribution in [0.3, 0.4) is 0 Å². The number of nitrogens with two attached hydrogens (primary N) is 1. The van der Waals surface area contributed by atoms with Crippen molar-refractivity contribution in [3.05, 3.63) is 52.4 Å². The normalized spacial score (nSPS) is 12.5. The van der Waals surface area contributed by atoms with Gasteiger partial charge in [0.15, 0.2) is 5.82 Å². The van der Waals surface area contributed by atoms with Crippen LogP contribution in [0.25, 0.3) is 5.52 Å². The van der Waals surface area contributed by atoms with Gasteiger partial charge in [-0.1, -0.05) is 0 Å². The molecule has 0 spiro atoms. The standard InChI is InChI=1S/C16H13ClF3N5O2.Li/c1-7(8-2-10(16(18,19)20)5-11(21)3-8)22-13-12-4-9(14(26)27)6-25(12)24-15(17)23-13;/h2-7H,21H2,1H3,(H,26,27)(H,22,23,24);/q;+1/p-1/t7-;/m1./s1. The smallest absolute Gasteiger partial charge is 0.545 e. The van der Waals surface area contributed by atoms with Gasteiger partial charge in [0.05, 0.1) is 17.6 Å². The summed E-state index contributed by atoms with van der Waals surface area (Å²) in [7, 11) is 0. The van der Waals surface area contributed by atoms with Gasteiger partial charge < -0.3 is 21.0 Å². The van der Waals surface area contributed by atoms with E-state index < -0.39 is 23.8 Å². The molecular weight excluding hydrogens is 394 g/mol. The second-order valence-corrected chi connectivity index (χ2v) is 6.17. The number of fused-ring (bicyclic) bond motifs is 1. The van der Waals surface area contributed by atoms with Gasteiger partial charge in [-0.15, -0.1) is 5.10 Å². The maximum absolute atomic E-state index is 13.0. The minimum Gasteiger partial charge on any atom is -0.545 e. The molecular formula is C16H12ClF3LiN5O2. The Labute approximate surface area is 173 Å². The molecule has 12 heteroatoms. The van der Waals surface area contributed by atoms with Crippen molar-refractivity contribution in [3.63, 3.8) is 0 Å². The van der Waals surface area contributed by atoms with Gasteiger partial charge in [0.2, 0.25) is 5.28 Å². The molecule has 0 aliphatic carbocycles. The molecule has 1 aromatic carbocycles. The van der Waals surface area contributed by atoms with Crippen LogP contribution in [-0.4, -0.2) is 20.6 Å². The molecule has 0 radical (unpaired) electrons. The maximum Gasteiger partial charge on any atom is 1.00 e. The number of carboxylic acids is 1. The number of rotatable bonds is 4. The van der Waals surface area contributed by atoms with Crippen molar-refractivity contribution < 1.29 is 41.9 Å². The molecule has 7 nitrogen and oxygen atoms in total. The Morgan fingerprint density at radius 2 is 2.00 bits per heavy atom. The van der Waals surface area contributed by atoms with Gasteiger partial charge in [-0.05, 0) is 48.4 Å². The topological polar surface area (TPSA) is 108 Å². The van der Waals surface area contributed by atoms with Gasteiger partial charge in [0.25, 0.3) is 0 Å². The fourth-order valence-electron chi connectivity index (χ4n) is 2.57. The van der Waals surface area contributed by atoms with Gasteiger partial charge in [0, 0.05) is 17.4 Å². The zero-order chi connectivity index (χ0) is 19.9. The molecule has 3 rings (SSSR count). The molecule has 0 aliphatic heterocycles. The quantitative estimate of drug-likeness (QED) is 0.448. The summed E-state index contributed by atoms with van der Waals surface area (Å²) < 4.78 is 40.2. The van der Waals surface area contributed by atoms with Crippen molar-refractivity contribution in [2.24, 2.45) is 0 Å². The van der Waals surface area contributed by atoms with E-state index >= 15 is 0 Å². The predicted molar refractivity (Wildman–Crippen MR) is 90.2 cm³/mol. The number of nitrogen functional groups attached to an aromatic ring is 1. The number of carboxylic acid groups (broad SMARTS) is 1. The summed E-state index contributed by atoms with van der Waals surface area (Å²) in [4.78, 5) is 15.0. The van der Waals surface area contributed by atoms with E-state index in [1.807, 2.05) is 0 Å². The molecule has 142 valence electrons. The number of aromatic carboxylic acids is 1. The molecule has 0 saturated carbocycles. The van der Waals surface area contributed by atoms with Crippen LogP contribution in [0, 0.1) is 0 Å². The number of nitrogens with one attached hydrogen (secondary N) is 1. The molecule has 3 N–H and O–H groups in total. The first-order valence-corrected chi connectivity index (χ1v) is 7.94. The molecule has 2 heterocycles. The van der Waals surface area contributed by atoms with Gasteiger partial charge in [-0.2, -0.15) is 18.2 Å². The van der Waals surface area contributed by atoms with E-state index in [-0.39, 0.29) is 52.3 Å². The summed E-state index contributed by atoms with van der Waals surface area (Å²) in [6, 6.07) is 3.83. The molecule has 0 unspecified atom stereocenters. The largest absolute Gasteiger partial charge is 1.00 e. The molecule has 0 amide bonds. The SMILES string of the molecule is C[C@@H](Nc1nc(Cl)nn2cc(C(=O)[O-])cc12)c1cc(N)cc(C(F)(F)F)c1.[Li+]. The van der Waals surface area contributed by atoms with Crippen molar-refractivity contribution in [2.45, 2.75) is 19.1 Å². The number of benzene rings is 1. The van der Waals surface area contributed by atoms with Crippen molar-refractivity contribution in [1.82, 2.24) is 14.6 Å². The number of carbonyl (C=O) groups excluding carboxylic acids is 1. The summed E-state index contributed by atoms with van der Waals surface area (Å²) in [6.07, 6.45) is -3.35. The zero-order valence-corrected chi connectivity index (χ0v) is 15.5. The van der Waals surface area contributed by atoms with Crippen molar-refractivity contribution >= 4 is 34.6 Å². The Morgan fingerprint density at radius 1 is 1.32 bits per heavy atom. The molecule has 1 atom stereocenters. The van der Waals surface area contributed by atoms with E-state index in [1.165, 1.54) is 22.8 Å². The van der Waals surface area contributed by atoms with Gasteiger partial charge in [-0.3, -0.25) is 0 Å². The van der Waals surface area contributed by atoms with E-state index in [1.54, 1.807) is 6.92 Å². The first-order chi connectivity index (χ1) is 12.5. The molecule has 0 saturated heterocycles. The number of carbonyl (C=O) groups is 1. The molecule has 2 aromatic heterocycles. The number of hydrogen-bond donors (Lipinski definition) is 2. The van der Waals surface area contributed by atoms with Crippen molar-refractivity contribution in [3.8, 4) is 0 Å². The monoisotopic (exact) mass is 405 g/mol. The second kappa shape index (κ2) is 7.91. The molecule has 0 fully saturated rings. The van der Waals surface area contributed by atoms with Crippen molar-refractivity contribution in [2.75, 3.05) is 11.1 Å². The van der Waals surface area contributed by atoms with Crippen LogP contribution in [-0.2, 0) is 6.18 Å². The minimum absolute atomic E-state index is 0. The average Bonchev–Trinajstić information content (AvgIpc) is 2.97. The van der Waals surface area contributed by atoms with E-state index in [0.29, 0.717) is 0 Å². The van der Waals surface area contributed by atoms with Crippen LogP contribution in [0.1, 0.15) is 34.5 Å².